The van der Waals surface area contributed by atoms with Crippen molar-refractivity contribution in [1.29, 1.82) is 0 Å². The maximum Gasteiger partial charge on any atom is 0.418 e. The van der Waals surface area contributed by atoms with Crippen molar-refractivity contribution in [2.75, 3.05) is 5.32 Å². The fraction of sp³-hybridized carbons (Fsp3) is 0.138. The van der Waals surface area contributed by atoms with Crippen molar-refractivity contribution in [3.63, 3.8) is 0 Å². The zero-order chi connectivity index (χ0) is 30.4. The number of anilines is 1. The summed E-state index contributed by atoms with van der Waals surface area (Å²) in [4.78, 5) is 0. The Morgan fingerprint density at radius 1 is 0.714 bits per heavy atom. The van der Waals surface area contributed by atoms with Gasteiger partial charge in [0.05, 0.1) is 23.4 Å². The smallest absolute Gasteiger partial charge is 0.381 e. The van der Waals surface area contributed by atoms with Crippen LogP contribution in [-0.4, -0.2) is 9.78 Å². The van der Waals surface area contributed by atoms with Crippen LogP contribution in [0, 0.1) is 23.3 Å². The van der Waals surface area contributed by atoms with Crippen LogP contribution in [0.4, 0.5) is 49.6 Å². The van der Waals surface area contributed by atoms with Gasteiger partial charge in [-0.05, 0) is 36.4 Å². The zero-order valence-corrected chi connectivity index (χ0v) is 21.0. The fourth-order valence-corrected chi connectivity index (χ4v) is 4.50. The molecule has 4 aromatic carbocycles. The number of nitrogens with one attached hydrogen (secondary N) is 1. The Labute approximate surface area is 231 Å². The highest BCUT2D eigenvalue weighted by Crippen LogP contribution is 2.39. The number of aromatic nitrogens is 2. The molecule has 0 aliphatic carbocycles. The van der Waals surface area contributed by atoms with E-state index in [4.69, 9.17) is 0 Å². The van der Waals surface area contributed by atoms with Gasteiger partial charge in [0.25, 0.3) is 0 Å². The maximum atomic E-state index is 14.5. The van der Waals surface area contributed by atoms with Crippen molar-refractivity contribution in [3.8, 4) is 11.3 Å². The number of fused-ring (bicyclic) bond motifs is 1. The van der Waals surface area contributed by atoms with Crippen molar-refractivity contribution in [2.45, 2.75) is 25.4 Å². The molecule has 0 fully saturated rings. The van der Waals surface area contributed by atoms with Gasteiger partial charge in [-0.25, -0.2) is 17.6 Å². The fourth-order valence-electron chi connectivity index (χ4n) is 4.50. The SMILES string of the molecule is Fc1cc(F)c(Cn2nc3c(C(F)(F)F)cccc3c2-c2ccc(NCc3cc(C(F)(F)F)ccc3F)cc2)c(F)c1. The van der Waals surface area contributed by atoms with Gasteiger partial charge in [0.15, 0.2) is 0 Å². The van der Waals surface area contributed by atoms with Gasteiger partial charge in [0.1, 0.15) is 28.8 Å². The number of benzene rings is 4. The van der Waals surface area contributed by atoms with Crippen molar-refractivity contribution >= 4 is 16.6 Å². The lowest BCUT2D eigenvalue weighted by molar-refractivity contribution is -0.138. The van der Waals surface area contributed by atoms with E-state index in [9.17, 15) is 43.9 Å². The third-order valence-electron chi connectivity index (χ3n) is 6.50. The second-order valence-corrected chi connectivity index (χ2v) is 9.29. The summed E-state index contributed by atoms with van der Waals surface area (Å²) in [5.41, 5.74) is -2.79. The first-order valence-corrected chi connectivity index (χ1v) is 12.1. The molecule has 0 saturated heterocycles. The molecule has 3 nitrogen and oxygen atoms in total. The summed E-state index contributed by atoms with van der Waals surface area (Å²) in [5, 5.41) is 6.81. The summed E-state index contributed by atoms with van der Waals surface area (Å²) in [6.45, 7) is -0.984. The lowest BCUT2D eigenvalue weighted by Crippen LogP contribution is -2.09. The minimum atomic E-state index is -4.80. The number of halogens is 10. The van der Waals surface area contributed by atoms with E-state index >= 15 is 0 Å². The van der Waals surface area contributed by atoms with Crippen molar-refractivity contribution in [2.24, 2.45) is 0 Å². The average Bonchev–Trinajstić information content (AvgIpc) is 3.27. The normalized spacial score (nSPS) is 12.2. The molecule has 0 aliphatic heterocycles. The predicted octanol–water partition coefficient (Wildman–Crippen LogP) is 8.96. The summed E-state index contributed by atoms with van der Waals surface area (Å²) < 4.78 is 138. The topological polar surface area (TPSA) is 29.9 Å². The van der Waals surface area contributed by atoms with Crippen LogP contribution in [0.15, 0.2) is 72.8 Å². The van der Waals surface area contributed by atoms with Crippen molar-refractivity contribution in [1.82, 2.24) is 9.78 Å². The summed E-state index contributed by atoms with van der Waals surface area (Å²) in [5.74, 6) is -4.54. The van der Waals surface area contributed by atoms with E-state index in [2.05, 4.69) is 10.4 Å². The second-order valence-electron chi connectivity index (χ2n) is 9.29. The molecule has 0 atom stereocenters. The van der Waals surface area contributed by atoms with E-state index in [1.165, 1.54) is 30.3 Å². The predicted molar refractivity (Wildman–Crippen MR) is 134 cm³/mol. The Balaban J connectivity index is 1.52. The Morgan fingerprint density at radius 3 is 2.00 bits per heavy atom. The molecule has 0 saturated carbocycles. The molecule has 42 heavy (non-hydrogen) atoms. The molecule has 0 amide bonds. The number of alkyl halides is 6. The van der Waals surface area contributed by atoms with E-state index in [-0.39, 0.29) is 28.8 Å². The molecular weight excluding hydrogens is 580 g/mol. The minimum Gasteiger partial charge on any atom is -0.381 e. The molecular formula is C29H17F10N3. The van der Waals surface area contributed by atoms with Gasteiger partial charge in [0.2, 0.25) is 0 Å². The van der Waals surface area contributed by atoms with Gasteiger partial charge in [0, 0.05) is 46.4 Å². The van der Waals surface area contributed by atoms with Gasteiger partial charge < -0.3 is 5.32 Å². The van der Waals surface area contributed by atoms with Gasteiger partial charge in [-0.15, -0.1) is 0 Å². The molecule has 5 rings (SSSR count). The molecule has 1 N–H and O–H groups in total. The van der Waals surface area contributed by atoms with Crippen molar-refractivity contribution in [3.05, 3.63) is 118 Å². The van der Waals surface area contributed by atoms with E-state index < -0.39 is 64.4 Å². The third kappa shape index (κ3) is 5.76. The summed E-state index contributed by atoms with van der Waals surface area (Å²) >= 11 is 0. The molecule has 0 aliphatic rings. The number of hydrogen-bond acceptors (Lipinski definition) is 2. The van der Waals surface area contributed by atoms with Crippen LogP contribution in [0.2, 0.25) is 0 Å². The summed E-state index contributed by atoms with van der Waals surface area (Å²) in [7, 11) is 0. The maximum absolute atomic E-state index is 14.5. The average molecular weight is 597 g/mol. The quantitative estimate of drug-likeness (QED) is 0.198. The molecule has 1 aromatic heterocycles. The molecule has 13 heteroatoms. The largest absolute Gasteiger partial charge is 0.418 e. The molecule has 0 bridgehead atoms. The standard InChI is InChI=1S/C29H17F10N3/c30-18-11-24(32)21(25(33)12-18)14-42-27(20-2-1-3-22(26(20)41-42)29(37,38)39)15-4-7-19(8-5-15)40-13-16-10-17(28(34,35)36)6-9-23(16)31/h1-12,40H,13-14H2. The van der Waals surface area contributed by atoms with Gasteiger partial charge in [-0.1, -0.05) is 24.3 Å². The highest BCUT2D eigenvalue weighted by atomic mass is 19.4. The molecule has 218 valence electrons. The number of hydrogen-bond donors (Lipinski definition) is 1. The minimum absolute atomic E-state index is 0.0134. The summed E-state index contributed by atoms with van der Waals surface area (Å²) in [6, 6.07) is 12.0. The van der Waals surface area contributed by atoms with Crippen LogP contribution in [0.25, 0.3) is 22.2 Å². The molecule has 0 unspecified atom stereocenters. The molecule has 0 spiro atoms. The van der Waals surface area contributed by atoms with E-state index in [1.807, 2.05) is 0 Å². The second kappa shape index (κ2) is 10.7. The van der Waals surface area contributed by atoms with Crippen LogP contribution in [0.1, 0.15) is 22.3 Å². The van der Waals surface area contributed by atoms with Crippen molar-refractivity contribution < 1.29 is 43.9 Å². The van der Waals surface area contributed by atoms with Crippen LogP contribution in [0.5, 0.6) is 0 Å². The van der Waals surface area contributed by atoms with Crippen LogP contribution in [-0.2, 0) is 25.4 Å². The first kappa shape index (κ1) is 29.0. The van der Waals surface area contributed by atoms with Crippen LogP contribution in [0.3, 0.4) is 0 Å². The van der Waals surface area contributed by atoms with E-state index in [1.54, 1.807) is 0 Å². The van der Waals surface area contributed by atoms with Crippen LogP contribution >= 0.6 is 0 Å². The first-order valence-electron chi connectivity index (χ1n) is 12.1. The number of nitrogens with zero attached hydrogens (tertiary/aromatic N) is 2. The highest BCUT2D eigenvalue weighted by Gasteiger charge is 2.35. The summed E-state index contributed by atoms with van der Waals surface area (Å²) in [6.07, 6.45) is -9.46. The van der Waals surface area contributed by atoms with E-state index in [0.29, 0.717) is 36.0 Å². The Bertz CT molecular complexity index is 1750. The van der Waals surface area contributed by atoms with Gasteiger partial charge in [-0.3, -0.25) is 4.68 Å². The molecule has 5 aromatic rings. The Kier molecular flexibility index (Phi) is 7.37. The third-order valence-corrected chi connectivity index (χ3v) is 6.50. The van der Waals surface area contributed by atoms with Crippen LogP contribution < -0.4 is 5.32 Å². The Hall–Kier alpha value is -4.55. The molecule has 0 radical (unpaired) electrons. The lowest BCUT2D eigenvalue weighted by atomic mass is 10.0. The molecule has 1 heterocycles. The first-order chi connectivity index (χ1) is 19.7. The van der Waals surface area contributed by atoms with Gasteiger partial charge in [-0.2, -0.15) is 31.4 Å². The number of rotatable bonds is 6. The lowest BCUT2D eigenvalue weighted by Gasteiger charge is -2.13. The van der Waals surface area contributed by atoms with E-state index in [0.717, 1.165) is 16.8 Å². The highest BCUT2D eigenvalue weighted by molar-refractivity contribution is 5.95. The monoisotopic (exact) mass is 597 g/mol. The van der Waals surface area contributed by atoms with Gasteiger partial charge >= 0.3 is 12.4 Å². The Morgan fingerprint density at radius 2 is 1.38 bits per heavy atom. The zero-order valence-electron chi connectivity index (χ0n) is 21.0.